The highest BCUT2D eigenvalue weighted by Gasteiger charge is 2.11. The van der Waals surface area contributed by atoms with E-state index in [1.807, 2.05) is 24.3 Å². The van der Waals surface area contributed by atoms with Gasteiger partial charge in [-0.15, -0.1) is 11.3 Å². The molecule has 23 heavy (non-hydrogen) atoms. The minimum atomic E-state index is -0.542. The maximum absolute atomic E-state index is 12.0. The molecule has 1 aromatic carbocycles. The first-order valence-corrected chi connectivity index (χ1v) is 8.47. The van der Waals surface area contributed by atoms with Gasteiger partial charge in [-0.2, -0.15) is 0 Å². The molecule has 6 nitrogen and oxygen atoms in total. The van der Waals surface area contributed by atoms with Gasteiger partial charge in [-0.05, 0) is 30.7 Å². The molecule has 0 unspecified atom stereocenters. The quantitative estimate of drug-likeness (QED) is 0.489. The fourth-order valence-corrected chi connectivity index (χ4v) is 3.81. The van der Waals surface area contributed by atoms with Crippen LogP contribution < -0.4 is 10.8 Å². The summed E-state index contributed by atoms with van der Waals surface area (Å²) in [5, 5.41) is 12.0. The number of hydroxylamine groups is 1. The van der Waals surface area contributed by atoms with Crippen molar-refractivity contribution in [2.45, 2.75) is 12.8 Å². The third kappa shape index (κ3) is 3.73. The number of amides is 2. The van der Waals surface area contributed by atoms with Gasteiger partial charge in [-0.1, -0.05) is 23.5 Å². The summed E-state index contributed by atoms with van der Waals surface area (Å²) in [5.41, 5.74) is 2.46. The van der Waals surface area contributed by atoms with E-state index in [9.17, 15) is 9.59 Å². The Kier molecular flexibility index (Phi) is 4.65. The van der Waals surface area contributed by atoms with E-state index >= 15 is 0 Å². The predicted molar refractivity (Wildman–Crippen MR) is 90.1 cm³/mol. The summed E-state index contributed by atoms with van der Waals surface area (Å²) in [5.74, 6) is -0.661. The predicted octanol–water partition coefficient (Wildman–Crippen LogP) is 3.05. The van der Waals surface area contributed by atoms with Gasteiger partial charge in [0, 0.05) is 11.3 Å². The van der Waals surface area contributed by atoms with Gasteiger partial charge in [-0.3, -0.25) is 14.8 Å². The third-order valence-corrected chi connectivity index (χ3v) is 5.22. The second kappa shape index (κ2) is 6.86. The van der Waals surface area contributed by atoms with Crippen molar-refractivity contribution in [1.29, 1.82) is 0 Å². The Hall–Kier alpha value is -2.29. The molecule has 0 bridgehead atoms. The molecule has 2 amide bonds. The van der Waals surface area contributed by atoms with Crippen LogP contribution in [0.4, 0.5) is 5.13 Å². The van der Waals surface area contributed by atoms with E-state index in [-0.39, 0.29) is 5.91 Å². The van der Waals surface area contributed by atoms with Crippen LogP contribution in [0.1, 0.15) is 21.0 Å². The van der Waals surface area contributed by atoms with Gasteiger partial charge in [0.15, 0.2) is 5.13 Å². The van der Waals surface area contributed by atoms with Crippen LogP contribution >= 0.6 is 22.7 Å². The van der Waals surface area contributed by atoms with Crippen LogP contribution in [-0.4, -0.2) is 22.0 Å². The number of carbonyl (C=O) groups is 2. The number of rotatable bonds is 5. The molecule has 0 aliphatic heterocycles. The van der Waals surface area contributed by atoms with Crippen molar-refractivity contribution < 1.29 is 14.8 Å². The van der Waals surface area contributed by atoms with Crippen molar-refractivity contribution >= 4 is 49.8 Å². The number of hydrogen-bond donors (Lipinski definition) is 3. The molecule has 0 aliphatic carbocycles. The van der Waals surface area contributed by atoms with E-state index in [4.69, 9.17) is 5.21 Å². The largest absolute Gasteiger partial charge is 0.302 e. The number of thiazole rings is 1. The molecule has 3 rings (SSSR count). The van der Waals surface area contributed by atoms with E-state index in [0.717, 1.165) is 15.1 Å². The molecule has 3 N–H and O–H groups in total. The normalized spacial score (nSPS) is 10.7. The second-order valence-electron chi connectivity index (χ2n) is 4.74. The van der Waals surface area contributed by atoms with Crippen LogP contribution in [0.5, 0.6) is 0 Å². The number of carbonyl (C=O) groups excluding carboxylic acids is 2. The molecule has 8 heteroatoms. The zero-order chi connectivity index (χ0) is 16.2. The van der Waals surface area contributed by atoms with Gasteiger partial charge in [0.2, 0.25) is 5.91 Å². The summed E-state index contributed by atoms with van der Waals surface area (Å²) in [4.78, 5) is 28.9. The van der Waals surface area contributed by atoms with E-state index in [1.54, 1.807) is 17.6 Å². The lowest BCUT2D eigenvalue weighted by Crippen LogP contribution is -2.16. The molecule has 0 spiro atoms. The van der Waals surface area contributed by atoms with Crippen molar-refractivity contribution in [3.63, 3.8) is 0 Å². The Labute approximate surface area is 139 Å². The van der Waals surface area contributed by atoms with Gasteiger partial charge < -0.3 is 5.32 Å². The molecule has 0 aliphatic rings. The smallest absolute Gasteiger partial charge is 0.284 e. The number of fused-ring (bicyclic) bond motifs is 1. The number of benzene rings is 1. The highest BCUT2D eigenvalue weighted by molar-refractivity contribution is 7.22. The lowest BCUT2D eigenvalue weighted by atomic mass is 10.2. The van der Waals surface area contributed by atoms with Gasteiger partial charge >= 0.3 is 0 Å². The fourth-order valence-electron chi connectivity index (χ4n) is 2.03. The van der Waals surface area contributed by atoms with E-state index in [1.165, 1.54) is 22.7 Å². The molecular weight excluding hydrogens is 334 g/mol. The Balaban J connectivity index is 1.57. The monoisotopic (exact) mass is 347 g/mol. The van der Waals surface area contributed by atoms with Crippen LogP contribution in [0, 0.1) is 0 Å². The lowest BCUT2D eigenvalue weighted by molar-refractivity contribution is -0.116. The number of aryl methyl sites for hydroxylation is 1. The zero-order valence-corrected chi connectivity index (χ0v) is 13.5. The number of nitrogens with zero attached hydrogens (tertiary/aromatic N) is 1. The highest BCUT2D eigenvalue weighted by atomic mass is 32.1. The molecule has 2 aromatic heterocycles. The lowest BCUT2D eigenvalue weighted by Gasteiger charge is -2.00. The number of nitrogens with one attached hydrogen (secondary N) is 2. The van der Waals surface area contributed by atoms with Crippen LogP contribution in [0.2, 0.25) is 0 Å². The van der Waals surface area contributed by atoms with Gasteiger partial charge in [-0.25, -0.2) is 10.5 Å². The Morgan fingerprint density at radius 1 is 1.13 bits per heavy atom. The minimum Gasteiger partial charge on any atom is -0.302 e. The molecule has 2 heterocycles. The summed E-state index contributed by atoms with van der Waals surface area (Å²) in [6, 6.07) is 11.1. The van der Waals surface area contributed by atoms with Gasteiger partial charge in [0.25, 0.3) is 5.91 Å². The van der Waals surface area contributed by atoms with Crippen molar-refractivity contribution in [2.24, 2.45) is 0 Å². The molecular formula is C15H13N3O3S2. The Morgan fingerprint density at radius 3 is 2.74 bits per heavy atom. The standard InChI is InChI=1S/C15H13N3O3S2/c19-13(8-6-9-5-7-12(22-9)14(20)18-21)17-15-16-10-3-1-2-4-11(10)23-15/h1-5,7,21H,6,8H2,(H,18,20)(H,16,17,19). The number of para-hydroxylation sites is 1. The molecule has 0 radical (unpaired) electrons. The summed E-state index contributed by atoms with van der Waals surface area (Å²) in [6.07, 6.45) is 0.830. The van der Waals surface area contributed by atoms with Crippen LogP contribution in [0.3, 0.4) is 0 Å². The maximum Gasteiger partial charge on any atom is 0.284 e. The molecule has 0 atom stereocenters. The average Bonchev–Trinajstić information content (AvgIpc) is 3.18. The van der Waals surface area contributed by atoms with Crippen molar-refractivity contribution in [3.05, 3.63) is 46.2 Å². The Morgan fingerprint density at radius 2 is 1.96 bits per heavy atom. The van der Waals surface area contributed by atoms with Crippen LogP contribution in [-0.2, 0) is 11.2 Å². The summed E-state index contributed by atoms with van der Waals surface area (Å²) in [7, 11) is 0. The summed E-state index contributed by atoms with van der Waals surface area (Å²) >= 11 is 2.69. The van der Waals surface area contributed by atoms with E-state index < -0.39 is 5.91 Å². The number of thiophene rings is 1. The third-order valence-electron chi connectivity index (χ3n) is 3.13. The molecule has 0 saturated heterocycles. The first kappa shape index (κ1) is 15.6. The Bertz CT molecular complexity index is 823. The van der Waals surface area contributed by atoms with Gasteiger partial charge in [0.05, 0.1) is 15.1 Å². The van der Waals surface area contributed by atoms with Crippen molar-refractivity contribution in [3.8, 4) is 0 Å². The summed E-state index contributed by atoms with van der Waals surface area (Å²) in [6.45, 7) is 0. The van der Waals surface area contributed by atoms with Crippen LogP contribution in [0.25, 0.3) is 10.2 Å². The minimum absolute atomic E-state index is 0.120. The van der Waals surface area contributed by atoms with E-state index in [0.29, 0.717) is 22.9 Å². The van der Waals surface area contributed by atoms with Crippen molar-refractivity contribution in [1.82, 2.24) is 10.5 Å². The maximum atomic E-state index is 12.0. The van der Waals surface area contributed by atoms with Crippen molar-refractivity contribution in [2.75, 3.05) is 5.32 Å². The molecule has 3 aromatic rings. The van der Waals surface area contributed by atoms with Gasteiger partial charge in [0.1, 0.15) is 0 Å². The number of hydrogen-bond acceptors (Lipinski definition) is 6. The first-order valence-electron chi connectivity index (χ1n) is 6.84. The topological polar surface area (TPSA) is 91.3 Å². The number of aromatic nitrogens is 1. The molecule has 0 fully saturated rings. The fraction of sp³-hybridized carbons (Fsp3) is 0.133. The summed E-state index contributed by atoms with van der Waals surface area (Å²) < 4.78 is 1.03. The van der Waals surface area contributed by atoms with E-state index in [2.05, 4.69) is 10.3 Å². The first-order chi connectivity index (χ1) is 11.2. The SMILES string of the molecule is O=C(CCc1ccc(C(=O)NO)s1)Nc1nc2ccccc2s1. The second-order valence-corrected chi connectivity index (χ2v) is 6.94. The molecule has 118 valence electrons. The number of anilines is 1. The average molecular weight is 347 g/mol. The van der Waals surface area contributed by atoms with Crippen LogP contribution in [0.15, 0.2) is 36.4 Å². The molecule has 0 saturated carbocycles. The highest BCUT2D eigenvalue weighted by Crippen LogP contribution is 2.25. The zero-order valence-electron chi connectivity index (χ0n) is 11.9.